The summed E-state index contributed by atoms with van der Waals surface area (Å²) in [4.78, 5) is 28.0. The van der Waals surface area contributed by atoms with Gasteiger partial charge >= 0.3 is 0 Å². The number of hydrogen-bond acceptors (Lipinski definition) is 5. The summed E-state index contributed by atoms with van der Waals surface area (Å²) in [6.07, 6.45) is 0. The molecule has 0 aromatic heterocycles. The van der Waals surface area contributed by atoms with Crippen LogP contribution in [0.2, 0.25) is 10.0 Å². The van der Waals surface area contributed by atoms with Gasteiger partial charge in [0.1, 0.15) is 17.3 Å². The fraction of sp³-hybridized carbons (Fsp3) is 0.241. The summed E-state index contributed by atoms with van der Waals surface area (Å²) >= 11 is 12.4. The number of anilines is 1. The van der Waals surface area contributed by atoms with Crippen LogP contribution in [0.4, 0.5) is 5.69 Å². The molecule has 0 spiro atoms. The Morgan fingerprint density at radius 2 is 1.68 bits per heavy atom. The molecule has 6 nitrogen and oxygen atoms in total. The number of amides is 1. The molecule has 1 heterocycles. The van der Waals surface area contributed by atoms with Crippen molar-refractivity contribution in [2.24, 2.45) is 0 Å². The lowest BCUT2D eigenvalue weighted by atomic mass is 9.85. The van der Waals surface area contributed by atoms with Gasteiger partial charge in [0.15, 0.2) is 0 Å². The first-order valence-corrected chi connectivity index (χ1v) is 12.5. The molecule has 1 aliphatic heterocycles. The van der Waals surface area contributed by atoms with Gasteiger partial charge in [-0.05, 0) is 59.9 Å². The summed E-state index contributed by atoms with van der Waals surface area (Å²) in [6, 6.07) is 15.3. The number of benzene rings is 3. The largest absolute Gasteiger partial charge is 0.507 e. The van der Waals surface area contributed by atoms with Gasteiger partial charge in [-0.15, -0.1) is 0 Å². The fourth-order valence-corrected chi connectivity index (χ4v) is 4.66. The Morgan fingerprint density at radius 3 is 2.30 bits per heavy atom. The predicted molar refractivity (Wildman–Crippen MR) is 146 cm³/mol. The number of phenolic OH excluding ortho intramolecular Hbond substituents is 1. The lowest BCUT2D eigenvalue weighted by molar-refractivity contribution is -0.132. The fourth-order valence-electron chi connectivity index (χ4n) is 4.32. The third-order valence-corrected chi connectivity index (χ3v) is 6.79. The van der Waals surface area contributed by atoms with Crippen LogP contribution in [0.1, 0.15) is 50.4 Å². The molecule has 1 saturated heterocycles. The molecule has 0 saturated carbocycles. The van der Waals surface area contributed by atoms with Crippen molar-refractivity contribution in [3.63, 3.8) is 0 Å². The van der Waals surface area contributed by atoms with Gasteiger partial charge in [-0.2, -0.15) is 0 Å². The normalized spacial score (nSPS) is 17.4. The van der Waals surface area contributed by atoms with Crippen LogP contribution in [0.5, 0.6) is 11.5 Å². The number of hydrogen-bond donors (Lipinski definition) is 2. The quantitative estimate of drug-likeness (QED) is 0.206. The molecule has 37 heavy (non-hydrogen) atoms. The smallest absolute Gasteiger partial charge is 0.300 e. The van der Waals surface area contributed by atoms with Gasteiger partial charge in [0, 0.05) is 10.6 Å². The molecule has 1 fully saturated rings. The van der Waals surface area contributed by atoms with E-state index in [0.717, 1.165) is 5.56 Å². The Balaban J connectivity index is 1.96. The molecule has 0 radical (unpaired) electrons. The summed E-state index contributed by atoms with van der Waals surface area (Å²) in [7, 11) is 0. The number of ketones is 1. The number of halogens is 2. The summed E-state index contributed by atoms with van der Waals surface area (Å²) in [5.41, 5.74) is 1.70. The molecule has 192 valence electrons. The Bertz CT molecular complexity index is 1410. The Hall–Kier alpha value is -3.48. The van der Waals surface area contributed by atoms with Gasteiger partial charge < -0.3 is 14.9 Å². The van der Waals surface area contributed by atoms with E-state index in [9.17, 15) is 19.8 Å². The van der Waals surface area contributed by atoms with E-state index in [0.29, 0.717) is 22.9 Å². The number of carbonyl (C=O) groups excluding carboxylic acids is 2. The lowest BCUT2D eigenvalue weighted by Gasteiger charge is -2.27. The summed E-state index contributed by atoms with van der Waals surface area (Å²) in [6.45, 7) is 8.38. The van der Waals surface area contributed by atoms with Crippen LogP contribution in [-0.4, -0.2) is 28.5 Å². The van der Waals surface area contributed by atoms with Crippen LogP contribution in [0.25, 0.3) is 5.76 Å². The van der Waals surface area contributed by atoms with Crippen LogP contribution in [-0.2, 0) is 15.0 Å². The molecule has 1 unspecified atom stereocenters. The second-order valence-electron chi connectivity index (χ2n) is 9.75. The van der Waals surface area contributed by atoms with E-state index in [1.165, 1.54) is 29.2 Å². The van der Waals surface area contributed by atoms with Gasteiger partial charge in [-0.3, -0.25) is 14.5 Å². The highest BCUT2D eigenvalue weighted by molar-refractivity contribution is 6.52. The van der Waals surface area contributed by atoms with Crippen molar-refractivity contribution < 1.29 is 24.5 Å². The van der Waals surface area contributed by atoms with Gasteiger partial charge in [-0.1, -0.05) is 68.2 Å². The minimum Gasteiger partial charge on any atom is -0.507 e. The third kappa shape index (κ3) is 5.04. The first-order chi connectivity index (χ1) is 17.4. The topological polar surface area (TPSA) is 87.1 Å². The maximum absolute atomic E-state index is 13.4. The molecule has 0 aliphatic carbocycles. The SMILES string of the molecule is CCOc1cc(/C(O)=C2\C(=O)C(=O)N(c3cc(Cl)ccc3O)C2c2ccc(C(C)(C)C)cc2)ccc1Cl. The minimum atomic E-state index is -1.02. The maximum atomic E-state index is 13.4. The van der Waals surface area contributed by atoms with Crippen molar-refractivity contribution in [3.8, 4) is 11.5 Å². The number of phenols is 1. The first-order valence-electron chi connectivity index (χ1n) is 11.8. The van der Waals surface area contributed by atoms with E-state index < -0.39 is 17.7 Å². The highest BCUT2D eigenvalue weighted by Gasteiger charge is 2.47. The Labute approximate surface area is 225 Å². The van der Waals surface area contributed by atoms with Gasteiger partial charge in [0.05, 0.1) is 28.9 Å². The Kier molecular flexibility index (Phi) is 7.27. The average Bonchev–Trinajstić information content (AvgIpc) is 3.11. The van der Waals surface area contributed by atoms with Gasteiger partial charge in [-0.25, -0.2) is 0 Å². The minimum absolute atomic E-state index is 0.0599. The molecule has 8 heteroatoms. The van der Waals surface area contributed by atoms with Crippen LogP contribution >= 0.6 is 23.2 Å². The van der Waals surface area contributed by atoms with Crippen LogP contribution in [0, 0.1) is 0 Å². The highest BCUT2D eigenvalue weighted by Crippen LogP contribution is 2.46. The summed E-state index contributed by atoms with van der Waals surface area (Å²) in [5.74, 6) is -2.07. The molecule has 1 amide bonds. The third-order valence-electron chi connectivity index (χ3n) is 6.24. The number of ether oxygens (including phenoxy) is 1. The van der Waals surface area contributed by atoms with Gasteiger partial charge in [0.2, 0.25) is 0 Å². The van der Waals surface area contributed by atoms with Gasteiger partial charge in [0.25, 0.3) is 11.7 Å². The number of carbonyl (C=O) groups is 2. The average molecular weight is 540 g/mol. The summed E-state index contributed by atoms with van der Waals surface area (Å²) in [5, 5.41) is 22.6. The van der Waals surface area contributed by atoms with E-state index in [-0.39, 0.29) is 38.8 Å². The second kappa shape index (κ2) is 10.1. The number of Topliss-reactive ketones (excluding diaryl/α,β-unsaturated/α-hetero) is 1. The van der Waals surface area contributed by atoms with E-state index in [2.05, 4.69) is 20.8 Å². The van der Waals surface area contributed by atoms with E-state index in [1.54, 1.807) is 19.1 Å². The zero-order chi connectivity index (χ0) is 27.1. The van der Waals surface area contributed by atoms with E-state index in [1.807, 2.05) is 24.3 Å². The standard InChI is InChI=1S/C29H27Cl2NO5/c1-5-37-23-14-17(8-12-20(23)31)26(34)24-25(16-6-9-18(10-7-16)29(2,3)4)32(28(36)27(24)35)21-15-19(30)11-13-22(21)33/h6-15,25,33-34H,5H2,1-4H3/b26-24+. The first kappa shape index (κ1) is 26.6. The number of nitrogens with zero attached hydrogens (tertiary/aromatic N) is 1. The zero-order valence-electron chi connectivity index (χ0n) is 20.9. The molecular formula is C29H27Cl2NO5. The Morgan fingerprint density at radius 1 is 1.00 bits per heavy atom. The zero-order valence-corrected chi connectivity index (χ0v) is 22.4. The predicted octanol–water partition coefficient (Wildman–Crippen LogP) is 7.02. The maximum Gasteiger partial charge on any atom is 0.300 e. The van der Waals surface area contributed by atoms with Crippen molar-refractivity contribution in [1.82, 2.24) is 0 Å². The number of rotatable bonds is 5. The van der Waals surface area contributed by atoms with Crippen molar-refractivity contribution in [2.45, 2.75) is 39.2 Å². The molecule has 2 N–H and O–H groups in total. The molecule has 3 aromatic rings. The highest BCUT2D eigenvalue weighted by atomic mass is 35.5. The van der Waals surface area contributed by atoms with Crippen molar-refractivity contribution in [3.05, 3.63) is 93.0 Å². The van der Waals surface area contributed by atoms with Crippen LogP contribution in [0.15, 0.2) is 66.2 Å². The van der Waals surface area contributed by atoms with Crippen LogP contribution in [0.3, 0.4) is 0 Å². The number of aromatic hydroxyl groups is 1. The van der Waals surface area contributed by atoms with E-state index in [4.69, 9.17) is 27.9 Å². The van der Waals surface area contributed by atoms with Crippen LogP contribution < -0.4 is 9.64 Å². The molecule has 0 bridgehead atoms. The van der Waals surface area contributed by atoms with Crippen molar-refractivity contribution >= 4 is 46.3 Å². The molecular weight excluding hydrogens is 513 g/mol. The summed E-state index contributed by atoms with van der Waals surface area (Å²) < 4.78 is 5.54. The van der Waals surface area contributed by atoms with Crippen molar-refractivity contribution in [1.29, 1.82) is 0 Å². The van der Waals surface area contributed by atoms with E-state index >= 15 is 0 Å². The monoisotopic (exact) mass is 539 g/mol. The second-order valence-corrected chi connectivity index (χ2v) is 10.6. The molecule has 1 atom stereocenters. The molecule has 4 rings (SSSR count). The number of aliphatic hydroxyl groups excluding tert-OH is 1. The number of aliphatic hydroxyl groups is 1. The van der Waals surface area contributed by atoms with Crippen molar-refractivity contribution in [2.75, 3.05) is 11.5 Å². The molecule has 1 aliphatic rings. The molecule has 3 aromatic carbocycles. The lowest BCUT2D eigenvalue weighted by Crippen LogP contribution is -2.29.